The summed E-state index contributed by atoms with van der Waals surface area (Å²) < 4.78 is 0. The Morgan fingerprint density at radius 3 is 2.78 bits per heavy atom. The van der Waals surface area contributed by atoms with Crippen LogP contribution in [0.3, 0.4) is 0 Å². The number of Topliss-reactive ketones (excluding diaryl/α,β-unsaturated/α-hetero) is 1. The van der Waals surface area contributed by atoms with E-state index in [1.165, 1.54) is 32.1 Å². The molecule has 4 aromatic rings. The molecule has 0 saturated heterocycles. The number of hydrogen-bond donors (Lipinski definition) is 2. The number of ketones is 1. The minimum Gasteiger partial charge on any atom is -0.290 e. The monoisotopic (exact) mass is 484 g/mol. The van der Waals surface area contributed by atoms with Gasteiger partial charge in [0.25, 0.3) is 0 Å². The van der Waals surface area contributed by atoms with Crippen LogP contribution in [0.5, 0.6) is 0 Å². The topological polar surface area (TPSA) is 126 Å². The van der Waals surface area contributed by atoms with E-state index in [2.05, 4.69) is 47.7 Å². The van der Waals surface area contributed by atoms with Crippen LogP contribution in [0.4, 0.5) is 0 Å². The molecule has 9 heteroatoms. The predicted octanol–water partition coefficient (Wildman–Crippen LogP) is 5.21. The van der Waals surface area contributed by atoms with Gasteiger partial charge in [-0.05, 0) is 46.9 Å². The third-order valence-electron chi connectivity index (χ3n) is 7.13. The lowest BCUT2D eigenvalue weighted by molar-refractivity contribution is 0.0848. The first-order valence-electron chi connectivity index (χ1n) is 12.9. The number of hydrogen-bond acceptors (Lipinski definition) is 7. The summed E-state index contributed by atoms with van der Waals surface area (Å²) in [5, 5.41) is 21.4. The molecule has 36 heavy (non-hydrogen) atoms. The smallest absolute Gasteiger partial charge is 0.217 e. The number of aromatic nitrogens is 8. The average molecular weight is 485 g/mol. The summed E-state index contributed by atoms with van der Waals surface area (Å²) >= 11 is 0. The maximum atomic E-state index is 13.1. The number of H-pyrrole nitrogens is 2. The van der Waals surface area contributed by atoms with Crippen molar-refractivity contribution >= 4 is 5.78 Å². The molecule has 1 fully saturated rings. The molecule has 0 bridgehead atoms. The molecular formula is C27H32N8O. The van der Waals surface area contributed by atoms with Gasteiger partial charge in [0.1, 0.15) is 5.82 Å². The van der Waals surface area contributed by atoms with Gasteiger partial charge in [-0.15, -0.1) is 5.10 Å². The lowest BCUT2D eigenvalue weighted by atomic mass is 9.77. The normalized spacial score (nSPS) is 17.8. The van der Waals surface area contributed by atoms with Gasteiger partial charge in [-0.1, -0.05) is 69.7 Å². The van der Waals surface area contributed by atoms with Gasteiger partial charge < -0.3 is 0 Å². The summed E-state index contributed by atoms with van der Waals surface area (Å²) in [6.07, 6.45) is 11.7. The number of tetrazole rings is 1. The van der Waals surface area contributed by atoms with E-state index in [1.807, 2.05) is 36.4 Å². The summed E-state index contributed by atoms with van der Waals surface area (Å²) in [5.74, 6) is 2.42. The van der Waals surface area contributed by atoms with Crippen LogP contribution in [0, 0.1) is 11.8 Å². The fourth-order valence-electron chi connectivity index (χ4n) is 5.21. The second kappa shape index (κ2) is 11.3. The first kappa shape index (κ1) is 24.0. The molecule has 2 atom stereocenters. The van der Waals surface area contributed by atoms with E-state index >= 15 is 0 Å². The van der Waals surface area contributed by atoms with Crippen LogP contribution in [0.2, 0.25) is 0 Å². The Labute approximate surface area is 210 Å². The number of nitrogens with zero attached hydrogens (tertiary/aromatic N) is 6. The van der Waals surface area contributed by atoms with Gasteiger partial charge >= 0.3 is 0 Å². The molecule has 5 rings (SSSR count). The van der Waals surface area contributed by atoms with Crippen molar-refractivity contribution in [3.05, 3.63) is 59.8 Å². The quantitative estimate of drug-likeness (QED) is 0.234. The number of unbranched alkanes of at least 4 members (excludes halogenated alkanes) is 2. The molecule has 3 aromatic heterocycles. The molecule has 3 heterocycles. The molecule has 0 aliphatic heterocycles. The molecule has 0 radical (unpaired) electrons. The first-order chi connectivity index (χ1) is 17.7. The molecule has 186 valence electrons. The van der Waals surface area contributed by atoms with E-state index in [4.69, 9.17) is 0 Å². The molecule has 9 nitrogen and oxygen atoms in total. The molecular weight excluding hydrogens is 452 g/mol. The van der Waals surface area contributed by atoms with E-state index in [0.717, 1.165) is 41.6 Å². The number of carbonyl (C=O) groups excluding carboxylic acids is 1. The van der Waals surface area contributed by atoms with Crippen molar-refractivity contribution in [2.75, 3.05) is 0 Å². The van der Waals surface area contributed by atoms with Crippen LogP contribution in [-0.2, 0) is 6.42 Å². The second-order valence-corrected chi connectivity index (χ2v) is 9.72. The Hall–Kier alpha value is -3.75. The Morgan fingerprint density at radius 2 is 1.97 bits per heavy atom. The van der Waals surface area contributed by atoms with Gasteiger partial charge in [-0.3, -0.25) is 14.9 Å². The first-order valence-corrected chi connectivity index (χ1v) is 12.9. The van der Waals surface area contributed by atoms with Gasteiger partial charge in [0, 0.05) is 29.7 Å². The summed E-state index contributed by atoms with van der Waals surface area (Å²) in [4.78, 5) is 22.2. The van der Waals surface area contributed by atoms with Crippen molar-refractivity contribution in [1.29, 1.82) is 0 Å². The van der Waals surface area contributed by atoms with Crippen molar-refractivity contribution in [2.24, 2.45) is 11.8 Å². The molecule has 1 aliphatic carbocycles. The van der Waals surface area contributed by atoms with Gasteiger partial charge in [0.05, 0.1) is 5.69 Å². The molecule has 0 amide bonds. The van der Waals surface area contributed by atoms with Crippen LogP contribution in [-0.4, -0.2) is 46.6 Å². The number of aromatic amines is 2. The highest BCUT2D eigenvalue weighted by Gasteiger charge is 2.29. The van der Waals surface area contributed by atoms with E-state index in [-0.39, 0.29) is 11.7 Å². The van der Waals surface area contributed by atoms with Crippen LogP contribution in [0.15, 0.2) is 42.6 Å². The highest BCUT2D eigenvalue weighted by molar-refractivity contribution is 5.94. The largest absolute Gasteiger partial charge is 0.290 e. The average Bonchev–Trinajstić information content (AvgIpc) is 3.62. The molecule has 0 spiro atoms. The van der Waals surface area contributed by atoms with Crippen LogP contribution < -0.4 is 0 Å². The standard InChI is InChI=1S/C27H32N8O/c1-2-3-4-7-18-8-5-9-21(16-18)25(36)27-29-23(30-31-27)17-19-11-13-20(14-12-19)24-22(10-6-15-28-24)26-32-34-35-33-26/h6,10-15,18,21H,2-5,7-9,16-17H2,1H3,(H,29,30,31)(H,32,33,34,35). The van der Waals surface area contributed by atoms with Gasteiger partial charge in [0.15, 0.2) is 5.82 Å². The number of pyridine rings is 1. The second-order valence-electron chi connectivity index (χ2n) is 9.72. The van der Waals surface area contributed by atoms with Gasteiger partial charge in [0.2, 0.25) is 11.6 Å². The summed E-state index contributed by atoms with van der Waals surface area (Å²) in [5.41, 5.74) is 3.67. The molecule has 2 N–H and O–H groups in total. The fraction of sp³-hybridized carbons (Fsp3) is 0.444. The summed E-state index contributed by atoms with van der Waals surface area (Å²) in [6.45, 7) is 2.23. The van der Waals surface area contributed by atoms with Crippen molar-refractivity contribution in [3.8, 4) is 22.6 Å². The lowest BCUT2D eigenvalue weighted by Gasteiger charge is -2.27. The highest BCUT2D eigenvalue weighted by atomic mass is 16.1. The maximum absolute atomic E-state index is 13.1. The minimum absolute atomic E-state index is 0.0560. The zero-order valence-corrected chi connectivity index (χ0v) is 20.7. The lowest BCUT2D eigenvalue weighted by Crippen LogP contribution is -2.24. The Bertz CT molecular complexity index is 1270. The van der Waals surface area contributed by atoms with E-state index in [0.29, 0.717) is 29.8 Å². The highest BCUT2D eigenvalue weighted by Crippen LogP contribution is 2.34. The zero-order valence-electron chi connectivity index (χ0n) is 20.7. The molecule has 1 saturated carbocycles. The van der Waals surface area contributed by atoms with Crippen LogP contribution in [0.25, 0.3) is 22.6 Å². The number of carbonyl (C=O) groups is 1. The van der Waals surface area contributed by atoms with Crippen LogP contribution >= 0.6 is 0 Å². The number of benzene rings is 1. The Morgan fingerprint density at radius 1 is 1.08 bits per heavy atom. The number of nitrogens with one attached hydrogen (secondary N) is 2. The van der Waals surface area contributed by atoms with E-state index in [1.54, 1.807) is 6.20 Å². The van der Waals surface area contributed by atoms with E-state index in [9.17, 15) is 4.79 Å². The summed E-state index contributed by atoms with van der Waals surface area (Å²) in [6, 6.07) is 11.9. The van der Waals surface area contributed by atoms with Crippen molar-refractivity contribution in [1.82, 2.24) is 40.8 Å². The van der Waals surface area contributed by atoms with Gasteiger partial charge in [-0.2, -0.15) is 5.10 Å². The third-order valence-corrected chi connectivity index (χ3v) is 7.13. The molecule has 1 aromatic carbocycles. The van der Waals surface area contributed by atoms with Crippen LogP contribution in [0.1, 0.15) is 80.3 Å². The van der Waals surface area contributed by atoms with Crippen molar-refractivity contribution in [3.63, 3.8) is 0 Å². The van der Waals surface area contributed by atoms with Crippen molar-refractivity contribution in [2.45, 2.75) is 64.7 Å². The SMILES string of the molecule is CCCCCC1CCCC(C(=O)c2n[nH]c(Cc3ccc(-c4ncccc4-c4nnn[nH]4)cc3)n2)C1. The Balaban J connectivity index is 1.23. The van der Waals surface area contributed by atoms with Gasteiger partial charge in [-0.25, -0.2) is 10.1 Å². The third kappa shape index (κ3) is 5.56. The van der Waals surface area contributed by atoms with Crippen molar-refractivity contribution < 1.29 is 4.79 Å². The fourth-order valence-corrected chi connectivity index (χ4v) is 5.21. The molecule has 1 aliphatic rings. The van der Waals surface area contributed by atoms with E-state index < -0.39 is 0 Å². The molecule has 2 unspecified atom stereocenters. The zero-order chi connectivity index (χ0) is 24.7. The minimum atomic E-state index is 0.0560. The summed E-state index contributed by atoms with van der Waals surface area (Å²) in [7, 11) is 0. The number of rotatable bonds is 10. The predicted molar refractivity (Wildman–Crippen MR) is 136 cm³/mol. The maximum Gasteiger partial charge on any atom is 0.217 e. The Kier molecular flexibility index (Phi) is 7.54.